The largest absolute Gasteiger partial charge is 0.491 e. The number of nitrogens with zero attached hydrogens (tertiary/aromatic N) is 3. The zero-order chi connectivity index (χ0) is 14.8. The molecule has 0 unspecified atom stereocenters. The molecule has 2 N–H and O–H groups in total. The fourth-order valence-electron chi connectivity index (χ4n) is 1.60. The predicted octanol–water partition coefficient (Wildman–Crippen LogP) is 2.78. The number of anilines is 1. The number of unbranched alkanes of at least 4 members (excludes halogenated alkanes) is 1. The number of carbonyl (C=O) groups is 1. The first kappa shape index (κ1) is 15.8. The van der Waals surface area contributed by atoms with Gasteiger partial charge in [-0.15, -0.1) is 0 Å². The van der Waals surface area contributed by atoms with Gasteiger partial charge in [-0.25, -0.2) is 0 Å². The standard InChI is InChI=1S/C13H18N4O3/c1-2-3-6-20-13-5-4-10(7-11(13)15-9-18)12(19)8-16-17-14/h4-5,7,9,12,19H,2-3,6,8H2,1H3,(H,15,18)/t12-/m0/s1. The molecule has 0 heterocycles. The Labute approximate surface area is 117 Å². The number of hydrogen-bond donors (Lipinski definition) is 2. The Morgan fingerprint density at radius 1 is 1.60 bits per heavy atom. The van der Waals surface area contributed by atoms with E-state index < -0.39 is 6.10 Å². The summed E-state index contributed by atoms with van der Waals surface area (Å²) >= 11 is 0. The van der Waals surface area contributed by atoms with E-state index in [1.54, 1.807) is 18.2 Å². The predicted molar refractivity (Wildman–Crippen MR) is 75.5 cm³/mol. The third-order valence-corrected chi connectivity index (χ3v) is 2.68. The fourth-order valence-corrected chi connectivity index (χ4v) is 1.60. The minimum atomic E-state index is -0.914. The van der Waals surface area contributed by atoms with Gasteiger partial charge in [-0.3, -0.25) is 4.79 Å². The van der Waals surface area contributed by atoms with E-state index in [9.17, 15) is 9.90 Å². The van der Waals surface area contributed by atoms with Crippen molar-refractivity contribution < 1.29 is 14.6 Å². The molecule has 0 spiro atoms. The number of ether oxygens (including phenoxy) is 1. The number of nitrogens with one attached hydrogen (secondary N) is 1. The van der Waals surface area contributed by atoms with Gasteiger partial charge in [0, 0.05) is 4.91 Å². The first-order valence-electron chi connectivity index (χ1n) is 6.38. The average molecular weight is 278 g/mol. The van der Waals surface area contributed by atoms with Gasteiger partial charge in [-0.05, 0) is 29.6 Å². The minimum Gasteiger partial charge on any atom is -0.491 e. The zero-order valence-electron chi connectivity index (χ0n) is 11.3. The number of benzene rings is 1. The maximum absolute atomic E-state index is 10.6. The number of amides is 1. The van der Waals surface area contributed by atoms with Gasteiger partial charge in [-0.1, -0.05) is 24.5 Å². The summed E-state index contributed by atoms with van der Waals surface area (Å²) < 4.78 is 5.56. The highest BCUT2D eigenvalue weighted by Crippen LogP contribution is 2.28. The first-order chi connectivity index (χ1) is 9.72. The molecule has 1 amide bonds. The Balaban J connectivity index is 2.87. The van der Waals surface area contributed by atoms with Crippen LogP contribution in [0.5, 0.6) is 5.75 Å². The van der Waals surface area contributed by atoms with Gasteiger partial charge in [0.25, 0.3) is 0 Å². The molecule has 0 fully saturated rings. The van der Waals surface area contributed by atoms with Crippen molar-refractivity contribution in [2.24, 2.45) is 5.11 Å². The maximum Gasteiger partial charge on any atom is 0.211 e. The molecule has 1 atom stereocenters. The third kappa shape index (κ3) is 4.79. The molecule has 7 heteroatoms. The van der Waals surface area contributed by atoms with Crippen LogP contribution in [0.25, 0.3) is 10.4 Å². The second-order valence-electron chi connectivity index (χ2n) is 4.15. The molecule has 1 aromatic carbocycles. The van der Waals surface area contributed by atoms with Crippen LogP contribution >= 0.6 is 0 Å². The molecule has 0 saturated heterocycles. The first-order valence-corrected chi connectivity index (χ1v) is 6.38. The highest BCUT2D eigenvalue weighted by atomic mass is 16.5. The molecule has 108 valence electrons. The van der Waals surface area contributed by atoms with Crippen molar-refractivity contribution in [1.82, 2.24) is 0 Å². The van der Waals surface area contributed by atoms with Gasteiger partial charge in [0.1, 0.15) is 5.75 Å². The second-order valence-corrected chi connectivity index (χ2v) is 4.15. The van der Waals surface area contributed by atoms with Gasteiger partial charge in [0.05, 0.1) is 24.9 Å². The summed E-state index contributed by atoms with van der Waals surface area (Å²) in [6, 6.07) is 4.96. The number of rotatable bonds is 9. The number of aliphatic hydroxyl groups is 1. The van der Waals surface area contributed by atoms with Crippen molar-refractivity contribution in [3.63, 3.8) is 0 Å². The molecule has 1 aromatic rings. The second kappa shape index (κ2) is 8.79. The maximum atomic E-state index is 10.6. The van der Waals surface area contributed by atoms with E-state index in [-0.39, 0.29) is 6.54 Å². The number of carbonyl (C=O) groups excluding carboxylic acids is 1. The van der Waals surface area contributed by atoms with Crippen LogP contribution in [-0.4, -0.2) is 24.7 Å². The van der Waals surface area contributed by atoms with Gasteiger partial charge in [-0.2, -0.15) is 0 Å². The minimum absolute atomic E-state index is 0.0624. The van der Waals surface area contributed by atoms with Gasteiger partial charge in [0.15, 0.2) is 0 Å². The highest BCUT2D eigenvalue weighted by Gasteiger charge is 2.10. The lowest BCUT2D eigenvalue weighted by Crippen LogP contribution is -2.05. The quantitative estimate of drug-likeness (QED) is 0.238. The van der Waals surface area contributed by atoms with E-state index in [2.05, 4.69) is 22.3 Å². The summed E-state index contributed by atoms with van der Waals surface area (Å²) in [5, 5.41) is 15.7. The van der Waals surface area contributed by atoms with Crippen LogP contribution in [0.1, 0.15) is 31.4 Å². The van der Waals surface area contributed by atoms with Crippen LogP contribution in [0.15, 0.2) is 23.3 Å². The van der Waals surface area contributed by atoms with E-state index in [0.29, 0.717) is 30.0 Å². The number of hydrogen-bond acceptors (Lipinski definition) is 4. The SMILES string of the molecule is CCCCOc1ccc([C@@H](O)CN=[N+]=[N-])cc1NC=O. The summed E-state index contributed by atoms with van der Waals surface area (Å²) in [4.78, 5) is 13.2. The van der Waals surface area contributed by atoms with Gasteiger partial charge in [0.2, 0.25) is 6.41 Å². The Hall–Kier alpha value is -2.24. The molecule has 0 aliphatic rings. The molecular weight excluding hydrogens is 260 g/mol. The van der Waals surface area contributed by atoms with Crippen LogP contribution in [0, 0.1) is 0 Å². The normalized spacial score (nSPS) is 11.3. The molecule has 7 nitrogen and oxygen atoms in total. The van der Waals surface area contributed by atoms with Crippen molar-refractivity contribution in [2.75, 3.05) is 18.5 Å². The van der Waals surface area contributed by atoms with Crippen LogP contribution in [0.4, 0.5) is 5.69 Å². The molecule has 0 aliphatic heterocycles. The Bertz CT molecular complexity index is 487. The lowest BCUT2D eigenvalue weighted by molar-refractivity contribution is -0.105. The molecule has 0 saturated carbocycles. The molecule has 20 heavy (non-hydrogen) atoms. The lowest BCUT2D eigenvalue weighted by Gasteiger charge is -2.14. The number of aliphatic hydroxyl groups excluding tert-OH is 1. The van der Waals surface area contributed by atoms with Crippen molar-refractivity contribution in [3.05, 3.63) is 34.2 Å². The fraction of sp³-hybridized carbons (Fsp3) is 0.462. The monoisotopic (exact) mass is 278 g/mol. The number of azide groups is 1. The highest BCUT2D eigenvalue weighted by molar-refractivity contribution is 5.75. The van der Waals surface area contributed by atoms with Crippen molar-refractivity contribution in [3.8, 4) is 5.75 Å². The van der Waals surface area contributed by atoms with Crippen LogP contribution in [0.3, 0.4) is 0 Å². The molecular formula is C13H18N4O3. The Morgan fingerprint density at radius 2 is 2.40 bits per heavy atom. The molecule has 0 bridgehead atoms. The topological polar surface area (TPSA) is 107 Å². The summed E-state index contributed by atoms with van der Waals surface area (Å²) in [6.07, 6.45) is 1.56. The van der Waals surface area contributed by atoms with Crippen molar-refractivity contribution in [2.45, 2.75) is 25.9 Å². The Morgan fingerprint density at radius 3 is 3.05 bits per heavy atom. The van der Waals surface area contributed by atoms with Gasteiger partial charge >= 0.3 is 0 Å². The molecule has 1 rings (SSSR count). The zero-order valence-corrected chi connectivity index (χ0v) is 11.3. The van der Waals surface area contributed by atoms with Crippen LogP contribution < -0.4 is 10.1 Å². The van der Waals surface area contributed by atoms with Crippen molar-refractivity contribution >= 4 is 12.1 Å². The van der Waals surface area contributed by atoms with E-state index >= 15 is 0 Å². The van der Waals surface area contributed by atoms with E-state index in [4.69, 9.17) is 10.3 Å². The Kier molecular flexibility index (Phi) is 6.95. The molecule has 0 aromatic heterocycles. The summed E-state index contributed by atoms with van der Waals surface area (Å²) in [7, 11) is 0. The lowest BCUT2D eigenvalue weighted by atomic mass is 10.1. The van der Waals surface area contributed by atoms with E-state index in [1.165, 1.54) is 0 Å². The smallest absolute Gasteiger partial charge is 0.211 e. The van der Waals surface area contributed by atoms with Crippen LogP contribution in [0.2, 0.25) is 0 Å². The van der Waals surface area contributed by atoms with E-state index in [0.717, 1.165) is 12.8 Å². The summed E-state index contributed by atoms with van der Waals surface area (Å²) in [5.74, 6) is 0.547. The summed E-state index contributed by atoms with van der Waals surface area (Å²) in [5.41, 5.74) is 9.26. The molecule has 0 aliphatic carbocycles. The third-order valence-electron chi connectivity index (χ3n) is 2.68. The average Bonchev–Trinajstić information content (AvgIpc) is 2.46. The van der Waals surface area contributed by atoms with Crippen molar-refractivity contribution in [1.29, 1.82) is 0 Å². The van der Waals surface area contributed by atoms with Gasteiger partial charge < -0.3 is 15.2 Å². The summed E-state index contributed by atoms with van der Waals surface area (Å²) in [6.45, 7) is 2.56. The van der Waals surface area contributed by atoms with E-state index in [1.807, 2.05) is 0 Å². The molecule has 0 radical (unpaired) electrons. The van der Waals surface area contributed by atoms with Crippen LogP contribution in [-0.2, 0) is 4.79 Å².